The minimum absolute atomic E-state index is 0.243. The van der Waals surface area contributed by atoms with Gasteiger partial charge in [-0.3, -0.25) is 4.90 Å². The Morgan fingerprint density at radius 2 is 1.75 bits per heavy atom. The number of nitrogens with zero attached hydrogens (tertiary/aromatic N) is 1. The van der Waals surface area contributed by atoms with Gasteiger partial charge in [-0.2, -0.15) is 0 Å². The molecular weight excluding hydrogens is 410 g/mol. The van der Waals surface area contributed by atoms with Crippen LogP contribution in [0.3, 0.4) is 0 Å². The number of rotatable bonds is 9. The molecule has 0 radical (unpaired) electrons. The van der Waals surface area contributed by atoms with Crippen LogP contribution in [0.2, 0.25) is 0 Å². The Morgan fingerprint density at radius 3 is 2.41 bits per heavy atom. The molecule has 32 heavy (non-hydrogen) atoms. The second-order valence-electron chi connectivity index (χ2n) is 7.42. The summed E-state index contributed by atoms with van der Waals surface area (Å²) in [4.78, 5) is 27.3. The molecule has 8 nitrogen and oxygen atoms in total. The maximum Gasteiger partial charge on any atom is 0.338 e. The number of urea groups is 1. The molecule has 0 saturated carbocycles. The van der Waals surface area contributed by atoms with E-state index < -0.39 is 12.0 Å². The molecule has 1 aliphatic rings. The van der Waals surface area contributed by atoms with Crippen LogP contribution in [-0.2, 0) is 16.1 Å². The van der Waals surface area contributed by atoms with Gasteiger partial charge in [-0.25, -0.2) is 9.59 Å². The number of methoxy groups -OCH3 is 2. The van der Waals surface area contributed by atoms with Crippen LogP contribution in [0.25, 0.3) is 0 Å². The normalized spacial score (nSPS) is 15.8. The van der Waals surface area contributed by atoms with Crippen molar-refractivity contribution in [3.05, 3.63) is 70.9 Å². The number of hydrogen-bond acceptors (Lipinski definition) is 6. The lowest BCUT2D eigenvalue weighted by molar-refractivity contribution is -0.139. The van der Waals surface area contributed by atoms with E-state index >= 15 is 0 Å². The molecule has 1 atom stereocenters. The summed E-state index contributed by atoms with van der Waals surface area (Å²) in [5.74, 6) is 0.843. The SMILES string of the molecule is CCOC(=O)C1=C(CN(C)Cc2ccc(OC)c(OC)c2)NC(=O)NC1c1ccccc1. The molecule has 3 rings (SSSR count). The lowest BCUT2D eigenvalue weighted by Gasteiger charge is -2.31. The predicted octanol–water partition coefficient (Wildman–Crippen LogP) is 3.01. The molecule has 1 aliphatic heterocycles. The fourth-order valence-electron chi connectivity index (χ4n) is 3.70. The summed E-state index contributed by atoms with van der Waals surface area (Å²) in [7, 11) is 5.10. The minimum Gasteiger partial charge on any atom is -0.493 e. The summed E-state index contributed by atoms with van der Waals surface area (Å²) in [6.45, 7) is 2.92. The van der Waals surface area contributed by atoms with Gasteiger partial charge < -0.3 is 24.8 Å². The Kier molecular flexibility index (Phi) is 7.72. The number of nitrogens with one attached hydrogen (secondary N) is 2. The molecule has 1 heterocycles. The Hall–Kier alpha value is -3.52. The van der Waals surface area contributed by atoms with Gasteiger partial charge in [0, 0.05) is 18.8 Å². The zero-order valence-electron chi connectivity index (χ0n) is 18.8. The molecule has 2 aromatic rings. The van der Waals surface area contributed by atoms with Crippen molar-refractivity contribution in [2.75, 3.05) is 34.4 Å². The van der Waals surface area contributed by atoms with Gasteiger partial charge in [0.1, 0.15) is 0 Å². The Balaban J connectivity index is 1.89. The van der Waals surface area contributed by atoms with E-state index in [1.165, 1.54) is 0 Å². The first-order valence-corrected chi connectivity index (χ1v) is 10.4. The van der Waals surface area contributed by atoms with Gasteiger partial charge in [0.25, 0.3) is 0 Å². The van der Waals surface area contributed by atoms with E-state index in [1.807, 2.05) is 60.5 Å². The molecular formula is C24H29N3O5. The van der Waals surface area contributed by atoms with Crippen LogP contribution in [0.5, 0.6) is 11.5 Å². The van der Waals surface area contributed by atoms with E-state index in [0.717, 1.165) is 11.1 Å². The van der Waals surface area contributed by atoms with Crippen molar-refractivity contribution in [1.29, 1.82) is 0 Å². The minimum atomic E-state index is -0.589. The van der Waals surface area contributed by atoms with Crippen molar-refractivity contribution >= 4 is 12.0 Å². The summed E-state index contributed by atoms with van der Waals surface area (Å²) in [6.07, 6.45) is 0. The van der Waals surface area contributed by atoms with Crippen molar-refractivity contribution in [3.8, 4) is 11.5 Å². The number of hydrogen-bond donors (Lipinski definition) is 2. The highest BCUT2D eigenvalue weighted by atomic mass is 16.5. The zero-order valence-corrected chi connectivity index (χ0v) is 18.8. The Morgan fingerprint density at radius 1 is 1.03 bits per heavy atom. The van der Waals surface area contributed by atoms with Crippen molar-refractivity contribution in [2.24, 2.45) is 0 Å². The van der Waals surface area contributed by atoms with Crippen molar-refractivity contribution in [1.82, 2.24) is 15.5 Å². The molecule has 8 heteroatoms. The molecule has 170 valence electrons. The topological polar surface area (TPSA) is 89.1 Å². The highest BCUT2D eigenvalue weighted by molar-refractivity contribution is 5.95. The third-order valence-corrected chi connectivity index (χ3v) is 5.11. The number of esters is 1. The van der Waals surface area contributed by atoms with Crippen LogP contribution in [-0.4, -0.2) is 51.3 Å². The first kappa shape index (κ1) is 23.1. The molecule has 2 aromatic carbocycles. The Labute approximate surface area is 188 Å². The summed E-state index contributed by atoms with van der Waals surface area (Å²) < 4.78 is 16.0. The van der Waals surface area contributed by atoms with Gasteiger partial charge in [0.05, 0.1) is 32.4 Å². The largest absolute Gasteiger partial charge is 0.493 e. The second kappa shape index (κ2) is 10.7. The molecule has 0 spiro atoms. The van der Waals surface area contributed by atoms with E-state index in [2.05, 4.69) is 10.6 Å². The second-order valence-corrected chi connectivity index (χ2v) is 7.42. The van der Waals surface area contributed by atoms with Crippen LogP contribution in [0.1, 0.15) is 24.1 Å². The van der Waals surface area contributed by atoms with E-state index in [4.69, 9.17) is 14.2 Å². The van der Waals surface area contributed by atoms with Crippen LogP contribution >= 0.6 is 0 Å². The molecule has 2 amide bonds. The number of benzene rings is 2. The highest BCUT2D eigenvalue weighted by Gasteiger charge is 2.33. The monoisotopic (exact) mass is 439 g/mol. The maximum atomic E-state index is 12.9. The van der Waals surface area contributed by atoms with E-state index in [9.17, 15) is 9.59 Å². The first-order chi connectivity index (χ1) is 15.5. The van der Waals surface area contributed by atoms with E-state index in [1.54, 1.807) is 21.1 Å². The first-order valence-electron chi connectivity index (χ1n) is 10.4. The average Bonchev–Trinajstić information content (AvgIpc) is 2.79. The molecule has 0 aromatic heterocycles. The molecule has 1 unspecified atom stereocenters. The molecule has 2 N–H and O–H groups in total. The predicted molar refractivity (Wildman–Crippen MR) is 120 cm³/mol. The Bertz CT molecular complexity index is 990. The van der Waals surface area contributed by atoms with Gasteiger partial charge in [-0.05, 0) is 37.2 Å². The van der Waals surface area contributed by atoms with Crippen LogP contribution in [0.15, 0.2) is 59.8 Å². The summed E-state index contributed by atoms with van der Waals surface area (Å²) in [5.41, 5.74) is 2.73. The lowest BCUT2D eigenvalue weighted by atomic mass is 9.95. The van der Waals surface area contributed by atoms with Crippen molar-refractivity contribution in [2.45, 2.75) is 19.5 Å². The average molecular weight is 440 g/mol. The van der Waals surface area contributed by atoms with Gasteiger partial charge in [-0.15, -0.1) is 0 Å². The molecule has 0 saturated heterocycles. The fraction of sp³-hybridized carbons (Fsp3) is 0.333. The zero-order chi connectivity index (χ0) is 23.1. The van der Waals surface area contributed by atoms with Gasteiger partial charge in [0.15, 0.2) is 11.5 Å². The number of ether oxygens (including phenoxy) is 3. The van der Waals surface area contributed by atoms with E-state index in [-0.39, 0.29) is 12.6 Å². The van der Waals surface area contributed by atoms with Gasteiger partial charge >= 0.3 is 12.0 Å². The highest BCUT2D eigenvalue weighted by Crippen LogP contribution is 2.30. The smallest absolute Gasteiger partial charge is 0.338 e. The number of amides is 2. The van der Waals surface area contributed by atoms with Crippen molar-refractivity contribution < 1.29 is 23.8 Å². The summed E-state index contributed by atoms with van der Waals surface area (Å²) in [5, 5.41) is 5.65. The fourth-order valence-corrected chi connectivity index (χ4v) is 3.70. The molecule has 0 bridgehead atoms. The molecule has 0 aliphatic carbocycles. The van der Waals surface area contributed by atoms with E-state index in [0.29, 0.717) is 35.9 Å². The van der Waals surface area contributed by atoms with Gasteiger partial charge in [0.2, 0.25) is 0 Å². The maximum absolute atomic E-state index is 12.9. The summed E-state index contributed by atoms with van der Waals surface area (Å²) >= 11 is 0. The van der Waals surface area contributed by atoms with Crippen LogP contribution in [0, 0.1) is 0 Å². The lowest BCUT2D eigenvalue weighted by Crippen LogP contribution is -2.48. The number of carbonyl (C=O) groups excluding carboxylic acids is 2. The summed E-state index contributed by atoms with van der Waals surface area (Å²) in [6, 6.07) is 14.1. The quantitative estimate of drug-likeness (QED) is 0.584. The third-order valence-electron chi connectivity index (χ3n) is 5.11. The number of carbonyl (C=O) groups is 2. The van der Waals surface area contributed by atoms with Crippen LogP contribution in [0.4, 0.5) is 4.79 Å². The number of likely N-dealkylation sites (N-methyl/N-ethyl adjacent to an activating group) is 1. The van der Waals surface area contributed by atoms with Crippen molar-refractivity contribution in [3.63, 3.8) is 0 Å². The third kappa shape index (κ3) is 5.39. The van der Waals surface area contributed by atoms with Crippen LogP contribution < -0.4 is 20.1 Å². The standard InChI is InChI=1S/C24H29N3O5/c1-5-32-23(28)21-18(25-24(29)26-22(21)17-9-7-6-8-10-17)15-27(2)14-16-11-12-19(30-3)20(13-16)31-4/h6-13,22H,5,14-15H2,1-4H3,(H2,25,26,29). The van der Waals surface area contributed by atoms with Gasteiger partial charge in [-0.1, -0.05) is 36.4 Å². The molecule has 0 fully saturated rings.